The van der Waals surface area contributed by atoms with Crippen molar-refractivity contribution < 1.29 is 17.7 Å². The minimum atomic E-state index is -3.45. The van der Waals surface area contributed by atoms with E-state index in [4.69, 9.17) is 4.52 Å². The first kappa shape index (κ1) is 23.0. The van der Waals surface area contributed by atoms with Crippen molar-refractivity contribution in [2.45, 2.75) is 36.5 Å². The molecule has 2 heterocycles. The van der Waals surface area contributed by atoms with Crippen LogP contribution in [0.5, 0.6) is 0 Å². The van der Waals surface area contributed by atoms with Crippen molar-refractivity contribution in [1.82, 2.24) is 15.0 Å². The van der Waals surface area contributed by atoms with Crippen LogP contribution in [0.3, 0.4) is 0 Å². The minimum Gasteiger partial charge on any atom is -0.337 e. The van der Waals surface area contributed by atoms with Gasteiger partial charge in [0.15, 0.2) is 9.84 Å². The highest BCUT2D eigenvalue weighted by Crippen LogP contribution is 2.33. The Labute approximate surface area is 204 Å². The molecule has 1 fully saturated rings. The molecule has 7 nitrogen and oxygen atoms in total. The van der Waals surface area contributed by atoms with E-state index in [-0.39, 0.29) is 22.6 Å². The number of sulfone groups is 1. The maximum atomic E-state index is 13.3. The third-order valence-electron chi connectivity index (χ3n) is 6.21. The predicted molar refractivity (Wildman–Crippen MR) is 131 cm³/mol. The molecule has 1 aliphatic rings. The maximum Gasteiger partial charge on any atom is 0.254 e. The molecular formula is C27H25N3O4S. The van der Waals surface area contributed by atoms with E-state index in [9.17, 15) is 13.2 Å². The van der Waals surface area contributed by atoms with Crippen molar-refractivity contribution in [3.63, 3.8) is 0 Å². The van der Waals surface area contributed by atoms with Crippen molar-refractivity contribution in [3.05, 3.63) is 101 Å². The number of aryl methyl sites for hydroxylation is 1. The van der Waals surface area contributed by atoms with Crippen LogP contribution in [0.15, 0.2) is 88.3 Å². The Morgan fingerprint density at radius 3 is 2.43 bits per heavy atom. The molecular weight excluding hydrogens is 462 g/mol. The van der Waals surface area contributed by atoms with Gasteiger partial charge in [0.1, 0.15) is 6.04 Å². The molecule has 178 valence electrons. The molecule has 0 aliphatic carbocycles. The van der Waals surface area contributed by atoms with Crippen LogP contribution in [-0.4, -0.2) is 35.9 Å². The van der Waals surface area contributed by atoms with E-state index < -0.39 is 9.84 Å². The fraction of sp³-hybridized carbons (Fsp3) is 0.222. The van der Waals surface area contributed by atoms with Gasteiger partial charge in [0.05, 0.1) is 10.6 Å². The first-order valence-corrected chi connectivity index (χ1v) is 13.1. The molecule has 0 unspecified atom stereocenters. The number of nitrogens with zero attached hydrogens (tertiary/aromatic N) is 3. The van der Waals surface area contributed by atoms with Crippen molar-refractivity contribution in [2.24, 2.45) is 0 Å². The highest BCUT2D eigenvalue weighted by molar-refractivity contribution is 7.90. The summed E-state index contributed by atoms with van der Waals surface area (Å²) in [5.41, 5.74) is 3.13. The van der Waals surface area contributed by atoms with Crippen LogP contribution in [0, 0.1) is 6.92 Å². The average molecular weight is 488 g/mol. The van der Waals surface area contributed by atoms with E-state index in [1.807, 2.05) is 31.2 Å². The zero-order chi connectivity index (χ0) is 24.4. The lowest BCUT2D eigenvalue weighted by Crippen LogP contribution is -2.30. The van der Waals surface area contributed by atoms with E-state index in [0.29, 0.717) is 29.4 Å². The summed E-state index contributed by atoms with van der Waals surface area (Å²) < 4.78 is 30.8. The van der Waals surface area contributed by atoms with Crippen molar-refractivity contribution in [3.8, 4) is 11.4 Å². The second-order valence-corrected chi connectivity index (χ2v) is 10.7. The number of carbonyl (C=O) groups is 1. The Morgan fingerprint density at radius 2 is 1.71 bits per heavy atom. The van der Waals surface area contributed by atoms with Gasteiger partial charge in [-0.15, -0.1) is 0 Å². The lowest BCUT2D eigenvalue weighted by molar-refractivity contribution is 0.0710. The van der Waals surface area contributed by atoms with Gasteiger partial charge in [0.2, 0.25) is 11.7 Å². The second-order valence-electron chi connectivity index (χ2n) is 8.75. The zero-order valence-electron chi connectivity index (χ0n) is 19.3. The number of amides is 1. The van der Waals surface area contributed by atoms with Crippen LogP contribution in [0.4, 0.5) is 0 Å². The summed E-state index contributed by atoms with van der Waals surface area (Å²) in [5.74, 6) is 0.669. The molecule has 0 radical (unpaired) electrons. The average Bonchev–Trinajstić information content (AvgIpc) is 3.55. The maximum absolute atomic E-state index is 13.3. The molecule has 1 atom stereocenters. The van der Waals surface area contributed by atoms with Gasteiger partial charge in [0.25, 0.3) is 5.91 Å². The van der Waals surface area contributed by atoms with Crippen LogP contribution in [0.25, 0.3) is 11.4 Å². The fourth-order valence-electron chi connectivity index (χ4n) is 4.30. The standard InChI is InChI=1S/C27H25N3O4S/c1-19-9-13-21(14-10-19)25-28-26(34-29-25)24-8-5-17-30(24)27(31)22-15-11-20(12-16-22)18-35(32,33)23-6-3-2-4-7-23/h2-4,6-7,9-16,24H,5,8,17-18H2,1H3/t24-/m1/s1. The number of aromatic nitrogens is 2. The van der Waals surface area contributed by atoms with E-state index in [1.54, 1.807) is 59.5 Å². The van der Waals surface area contributed by atoms with E-state index in [1.165, 1.54) is 0 Å². The predicted octanol–water partition coefficient (Wildman–Crippen LogP) is 5.00. The Morgan fingerprint density at radius 1 is 1.00 bits per heavy atom. The quantitative estimate of drug-likeness (QED) is 0.380. The largest absolute Gasteiger partial charge is 0.337 e. The summed E-state index contributed by atoms with van der Waals surface area (Å²) >= 11 is 0. The SMILES string of the molecule is Cc1ccc(-c2noc([C@H]3CCCN3C(=O)c3ccc(CS(=O)(=O)c4ccccc4)cc3)n2)cc1. The molecule has 8 heteroatoms. The van der Waals surface area contributed by atoms with E-state index in [0.717, 1.165) is 24.0 Å². The summed E-state index contributed by atoms with van der Waals surface area (Å²) in [6.07, 6.45) is 1.58. The number of hydrogen-bond donors (Lipinski definition) is 0. The van der Waals surface area contributed by atoms with Gasteiger partial charge in [-0.05, 0) is 49.6 Å². The van der Waals surface area contributed by atoms with Crippen molar-refractivity contribution in [2.75, 3.05) is 6.54 Å². The Kier molecular flexibility index (Phi) is 6.21. The van der Waals surface area contributed by atoms with Crippen LogP contribution < -0.4 is 0 Å². The normalized spacial score (nSPS) is 15.9. The van der Waals surface area contributed by atoms with Crippen LogP contribution >= 0.6 is 0 Å². The van der Waals surface area contributed by atoms with Crippen molar-refractivity contribution >= 4 is 15.7 Å². The molecule has 4 aromatic rings. The lowest BCUT2D eigenvalue weighted by atomic mass is 10.1. The first-order chi connectivity index (χ1) is 16.9. The Bertz CT molecular complexity index is 1430. The summed E-state index contributed by atoms with van der Waals surface area (Å²) in [6.45, 7) is 2.61. The molecule has 0 spiro atoms. The molecule has 0 bridgehead atoms. The third-order valence-corrected chi connectivity index (χ3v) is 7.91. The summed E-state index contributed by atoms with van der Waals surface area (Å²) in [6, 6.07) is 22.7. The molecule has 5 rings (SSSR count). The molecule has 1 aliphatic heterocycles. The van der Waals surface area contributed by atoms with Crippen LogP contribution in [0.2, 0.25) is 0 Å². The fourth-order valence-corrected chi connectivity index (χ4v) is 5.67. The van der Waals surface area contributed by atoms with Crippen LogP contribution in [0.1, 0.15) is 46.3 Å². The van der Waals surface area contributed by atoms with Crippen molar-refractivity contribution in [1.29, 1.82) is 0 Å². The summed E-state index contributed by atoms with van der Waals surface area (Å²) in [7, 11) is -3.45. The molecule has 1 aromatic heterocycles. The molecule has 0 saturated carbocycles. The van der Waals surface area contributed by atoms with Gasteiger partial charge in [-0.25, -0.2) is 8.42 Å². The number of likely N-dealkylation sites (tertiary alicyclic amines) is 1. The summed E-state index contributed by atoms with van der Waals surface area (Å²) in [4.78, 5) is 19.9. The van der Waals surface area contributed by atoms with Gasteiger partial charge in [-0.2, -0.15) is 4.98 Å². The lowest BCUT2D eigenvalue weighted by Gasteiger charge is -2.22. The van der Waals surface area contributed by atoms with Crippen LogP contribution in [-0.2, 0) is 15.6 Å². The van der Waals surface area contributed by atoms with Gasteiger partial charge in [0, 0.05) is 17.7 Å². The Balaban J connectivity index is 1.30. The Hall–Kier alpha value is -3.78. The minimum absolute atomic E-state index is 0.123. The van der Waals surface area contributed by atoms with Gasteiger partial charge in [-0.3, -0.25) is 4.79 Å². The number of benzene rings is 3. The number of carbonyl (C=O) groups excluding carboxylic acids is 1. The first-order valence-electron chi connectivity index (χ1n) is 11.5. The highest BCUT2D eigenvalue weighted by atomic mass is 32.2. The smallest absolute Gasteiger partial charge is 0.254 e. The van der Waals surface area contributed by atoms with Gasteiger partial charge in [-0.1, -0.05) is 65.3 Å². The molecule has 0 N–H and O–H groups in total. The second kappa shape index (κ2) is 9.46. The molecule has 1 saturated heterocycles. The van der Waals surface area contributed by atoms with E-state index in [2.05, 4.69) is 10.1 Å². The summed E-state index contributed by atoms with van der Waals surface area (Å²) in [5, 5.41) is 4.12. The monoisotopic (exact) mass is 487 g/mol. The molecule has 35 heavy (non-hydrogen) atoms. The van der Waals surface area contributed by atoms with Gasteiger partial charge < -0.3 is 9.42 Å². The topological polar surface area (TPSA) is 93.4 Å². The molecule has 1 amide bonds. The number of rotatable bonds is 6. The number of hydrogen-bond acceptors (Lipinski definition) is 6. The third kappa shape index (κ3) is 4.88. The molecule has 3 aromatic carbocycles. The van der Waals surface area contributed by atoms with Gasteiger partial charge >= 0.3 is 0 Å². The zero-order valence-corrected chi connectivity index (χ0v) is 20.1. The van der Waals surface area contributed by atoms with E-state index >= 15 is 0 Å². The highest BCUT2D eigenvalue weighted by Gasteiger charge is 2.34.